The predicted molar refractivity (Wildman–Crippen MR) is 63.6 cm³/mol. The molecule has 2 rings (SSSR count). The van der Waals surface area contributed by atoms with Crippen molar-refractivity contribution < 1.29 is 9.59 Å². The molecule has 1 aliphatic rings. The number of anilines is 1. The van der Waals surface area contributed by atoms with E-state index in [1.54, 1.807) is 4.90 Å². The summed E-state index contributed by atoms with van der Waals surface area (Å²) in [6, 6.07) is 1.81. The van der Waals surface area contributed by atoms with Crippen molar-refractivity contribution in [1.29, 1.82) is 0 Å². The molecule has 0 unspecified atom stereocenters. The van der Waals surface area contributed by atoms with Gasteiger partial charge in [0.05, 0.1) is 5.69 Å². The minimum absolute atomic E-state index is 0.00287. The maximum Gasteiger partial charge on any atom is 0.223 e. The highest BCUT2D eigenvalue weighted by atomic mass is 79.9. The topological polar surface area (TPSA) is 50.3 Å². The van der Waals surface area contributed by atoms with Crippen molar-refractivity contribution in [2.75, 3.05) is 11.4 Å². The van der Waals surface area contributed by atoms with Gasteiger partial charge in [0.15, 0.2) is 5.78 Å². The van der Waals surface area contributed by atoms with E-state index in [0.717, 1.165) is 10.2 Å². The Hall–Kier alpha value is -1.23. The summed E-state index contributed by atoms with van der Waals surface area (Å²) in [5, 5.41) is 0. The standard InChI is InChI=1S/C11H11BrN2O2/c1-6-5-8(12)11-10(13-6)9(16)3-4-14(11)7(2)15/h5H,3-4H2,1-2H3. The van der Waals surface area contributed by atoms with Gasteiger partial charge in [-0.25, -0.2) is 4.98 Å². The van der Waals surface area contributed by atoms with E-state index in [9.17, 15) is 9.59 Å². The summed E-state index contributed by atoms with van der Waals surface area (Å²) in [6.45, 7) is 3.75. The summed E-state index contributed by atoms with van der Waals surface area (Å²) in [5.41, 5.74) is 1.77. The van der Waals surface area contributed by atoms with Crippen molar-refractivity contribution in [2.45, 2.75) is 20.3 Å². The highest BCUT2D eigenvalue weighted by Crippen LogP contribution is 2.33. The van der Waals surface area contributed by atoms with Gasteiger partial charge < -0.3 is 4.90 Å². The van der Waals surface area contributed by atoms with Crippen LogP contribution in [-0.4, -0.2) is 23.2 Å². The fraction of sp³-hybridized carbons (Fsp3) is 0.364. The van der Waals surface area contributed by atoms with Crippen LogP contribution in [0.2, 0.25) is 0 Å². The van der Waals surface area contributed by atoms with Gasteiger partial charge in [-0.3, -0.25) is 9.59 Å². The number of ketones is 1. The Labute approximate surface area is 102 Å². The van der Waals surface area contributed by atoms with Crippen LogP contribution in [0.25, 0.3) is 0 Å². The summed E-state index contributed by atoms with van der Waals surface area (Å²) >= 11 is 3.38. The van der Waals surface area contributed by atoms with E-state index in [2.05, 4.69) is 20.9 Å². The van der Waals surface area contributed by atoms with Gasteiger partial charge in [-0.1, -0.05) is 0 Å². The van der Waals surface area contributed by atoms with Gasteiger partial charge in [0.2, 0.25) is 5.91 Å². The molecule has 1 amide bonds. The van der Waals surface area contributed by atoms with E-state index in [4.69, 9.17) is 0 Å². The highest BCUT2D eigenvalue weighted by molar-refractivity contribution is 9.10. The smallest absolute Gasteiger partial charge is 0.223 e. The van der Waals surface area contributed by atoms with E-state index in [1.807, 2.05) is 13.0 Å². The third-order valence-electron chi connectivity index (χ3n) is 2.55. The van der Waals surface area contributed by atoms with Crippen LogP contribution in [-0.2, 0) is 4.79 Å². The van der Waals surface area contributed by atoms with Gasteiger partial charge in [0.25, 0.3) is 0 Å². The molecule has 84 valence electrons. The summed E-state index contributed by atoms with van der Waals surface area (Å²) in [4.78, 5) is 29.0. The molecule has 0 saturated carbocycles. The van der Waals surface area contributed by atoms with Crippen molar-refractivity contribution in [3.63, 3.8) is 0 Å². The van der Waals surface area contributed by atoms with Crippen LogP contribution in [0.3, 0.4) is 0 Å². The lowest BCUT2D eigenvalue weighted by Gasteiger charge is -2.28. The van der Waals surface area contributed by atoms with Crippen molar-refractivity contribution in [3.05, 3.63) is 21.9 Å². The lowest BCUT2D eigenvalue weighted by atomic mass is 10.1. The average molecular weight is 283 g/mol. The van der Waals surface area contributed by atoms with Crippen LogP contribution in [0.1, 0.15) is 29.5 Å². The van der Waals surface area contributed by atoms with Crippen molar-refractivity contribution in [1.82, 2.24) is 4.98 Å². The van der Waals surface area contributed by atoms with E-state index < -0.39 is 0 Å². The van der Waals surface area contributed by atoms with Gasteiger partial charge in [-0.2, -0.15) is 0 Å². The summed E-state index contributed by atoms with van der Waals surface area (Å²) in [7, 11) is 0. The van der Waals surface area contributed by atoms with Crippen LogP contribution in [0, 0.1) is 6.92 Å². The third-order valence-corrected chi connectivity index (χ3v) is 3.16. The number of aromatic nitrogens is 1. The van der Waals surface area contributed by atoms with Gasteiger partial charge in [0, 0.05) is 30.1 Å². The van der Waals surface area contributed by atoms with Crippen LogP contribution in [0.15, 0.2) is 10.5 Å². The monoisotopic (exact) mass is 282 g/mol. The SMILES string of the molecule is CC(=O)N1CCC(=O)c2nc(C)cc(Br)c21. The van der Waals surface area contributed by atoms with Crippen LogP contribution in [0.4, 0.5) is 5.69 Å². The zero-order valence-corrected chi connectivity index (χ0v) is 10.7. The molecule has 0 fully saturated rings. The van der Waals surface area contributed by atoms with Crippen LogP contribution in [0.5, 0.6) is 0 Å². The summed E-state index contributed by atoms with van der Waals surface area (Å²) in [5.74, 6) is -0.0722. The number of hydrogen-bond acceptors (Lipinski definition) is 3. The second-order valence-electron chi connectivity index (χ2n) is 3.79. The Morgan fingerprint density at radius 3 is 2.88 bits per heavy atom. The number of carbonyl (C=O) groups is 2. The molecule has 0 spiro atoms. The Morgan fingerprint density at radius 1 is 1.56 bits per heavy atom. The molecule has 0 atom stereocenters. The third kappa shape index (κ3) is 1.75. The highest BCUT2D eigenvalue weighted by Gasteiger charge is 2.29. The number of carbonyl (C=O) groups excluding carboxylic acids is 2. The maximum atomic E-state index is 11.7. The van der Waals surface area contributed by atoms with Crippen molar-refractivity contribution in [3.8, 4) is 0 Å². The normalized spacial score (nSPS) is 14.9. The number of amides is 1. The molecule has 0 bridgehead atoms. The van der Waals surface area contributed by atoms with Gasteiger partial charge in [0.1, 0.15) is 5.69 Å². The van der Waals surface area contributed by atoms with Crippen molar-refractivity contribution in [2.24, 2.45) is 0 Å². The average Bonchev–Trinajstić information content (AvgIpc) is 2.19. The first-order chi connectivity index (χ1) is 7.50. The molecule has 1 aromatic heterocycles. The van der Waals surface area contributed by atoms with Gasteiger partial charge in [-0.05, 0) is 28.9 Å². The summed E-state index contributed by atoms with van der Waals surface area (Å²) in [6.07, 6.45) is 0.343. The van der Waals surface area contributed by atoms with Crippen LogP contribution < -0.4 is 4.90 Å². The largest absolute Gasteiger partial charge is 0.309 e. The molecular formula is C11H11BrN2O2. The first-order valence-corrected chi connectivity index (χ1v) is 5.78. The molecule has 2 heterocycles. The van der Waals surface area contributed by atoms with E-state index in [0.29, 0.717) is 24.3 Å². The Bertz CT molecular complexity index is 485. The lowest BCUT2D eigenvalue weighted by molar-refractivity contribution is -0.116. The second kappa shape index (κ2) is 3.97. The fourth-order valence-corrected chi connectivity index (χ4v) is 2.57. The Kier molecular flexibility index (Phi) is 2.80. The zero-order chi connectivity index (χ0) is 11.9. The minimum atomic E-state index is -0.0693. The molecule has 0 N–H and O–H groups in total. The lowest BCUT2D eigenvalue weighted by Crippen LogP contribution is -2.36. The fourth-order valence-electron chi connectivity index (χ4n) is 1.84. The maximum absolute atomic E-state index is 11.7. The molecular weight excluding hydrogens is 272 g/mol. The predicted octanol–water partition coefficient (Wildman–Crippen LogP) is 2.09. The van der Waals surface area contributed by atoms with Crippen molar-refractivity contribution >= 4 is 33.3 Å². The van der Waals surface area contributed by atoms with E-state index in [-0.39, 0.29) is 11.7 Å². The number of nitrogens with zero attached hydrogens (tertiary/aromatic N) is 2. The Morgan fingerprint density at radius 2 is 2.25 bits per heavy atom. The van der Waals surface area contributed by atoms with Gasteiger partial charge in [-0.15, -0.1) is 0 Å². The molecule has 0 aliphatic carbocycles. The van der Waals surface area contributed by atoms with E-state index in [1.165, 1.54) is 6.92 Å². The van der Waals surface area contributed by atoms with E-state index >= 15 is 0 Å². The first-order valence-electron chi connectivity index (χ1n) is 4.99. The number of pyridine rings is 1. The number of fused-ring (bicyclic) bond motifs is 1. The molecule has 1 aliphatic heterocycles. The summed E-state index contributed by atoms with van der Waals surface area (Å²) < 4.78 is 0.748. The number of rotatable bonds is 0. The molecule has 0 aromatic carbocycles. The second-order valence-corrected chi connectivity index (χ2v) is 4.64. The Balaban J connectivity index is 2.65. The molecule has 5 heteroatoms. The first kappa shape index (κ1) is 11.3. The van der Waals surface area contributed by atoms with Gasteiger partial charge >= 0.3 is 0 Å². The van der Waals surface area contributed by atoms with Crippen LogP contribution >= 0.6 is 15.9 Å². The number of Topliss-reactive ketones (excluding diaryl/α,β-unsaturated/α-hetero) is 1. The number of hydrogen-bond donors (Lipinski definition) is 0. The molecule has 16 heavy (non-hydrogen) atoms. The number of aryl methyl sites for hydroxylation is 1. The minimum Gasteiger partial charge on any atom is -0.309 e. The number of halogens is 1. The molecule has 0 saturated heterocycles. The molecule has 4 nitrogen and oxygen atoms in total. The quantitative estimate of drug-likeness (QED) is 0.732. The zero-order valence-electron chi connectivity index (χ0n) is 9.08. The molecule has 0 radical (unpaired) electrons. The molecule has 1 aromatic rings.